The molecule has 3 nitrogen and oxygen atoms in total. The molecule has 2 aliphatic rings. The molecule has 1 saturated carbocycles. The third-order valence-corrected chi connectivity index (χ3v) is 5.60. The maximum absolute atomic E-state index is 12.1. The number of nitrogens with one attached hydrogen (secondary N) is 1. The third kappa shape index (κ3) is 3.41. The molecule has 3 heteroatoms. The van der Waals surface area contributed by atoms with E-state index in [9.17, 15) is 4.79 Å². The van der Waals surface area contributed by atoms with E-state index in [2.05, 4.69) is 53.8 Å². The number of benzene rings is 2. The van der Waals surface area contributed by atoms with E-state index >= 15 is 0 Å². The lowest BCUT2D eigenvalue weighted by Gasteiger charge is -2.22. The van der Waals surface area contributed by atoms with Crippen LogP contribution in [0.4, 0.5) is 4.79 Å². The molecule has 0 spiro atoms. The van der Waals surface area contributed by atoms with Gasteiger partial charge in [0.1, 0.15) is 6.61 Å². The number of hydrogen-bond donors (Lipinski definition) is 1. The van der Waals surface area contributed by atoms with Crippen LogP contribution in [-0.4, -0.2) is 19.2 Å². The van der Waals surface area contributed by atoms with Crippen molar-refractivity contribution in [1.29, 1.82) is 0 Å². The van der Waals surface area contributed by atoms with Crippen LogP contribution in [0.25, 0.3) is 11.1 Å². The van der Waals surface area contributed by atoms with Gasteiger partial charge in [0.25, 0.3) is 0 Å². The summed E-state index contributed by atoms with van der Waals surface area (Å²) in [4.78, 5) is 12.1. The second-order valence-corrected chi connectivity index (χ2v) is 7.21. The van der Waals surface area contributed by atoms with Gasteiger partial charge in [0.2, 0.25) is 0 Å². The maximum Gasteiger partial charge on any atom is 0.407 e. The minimum atomic E-state index is -0.285. The molecule has 4 rings (SSSR count). The van der Waals surface area contributed by atoms with Crippen LogP contribution in [0.2, 0.25) is 0 Å². The van der Waals surface area contributed by atoms with Gasteiger partial charge in [-0.05, 0) is 41.0 Å². The highest BCUT2D eigenvalue weighted by molar-refractivity contribution is 5.79. The van der Waals surface area contributed by atoms with Gasteiger partial charge >= 0.3 is 6.09 Å². The number of hydrogen-bond acceptors (Lipinski definition) is 2. The number of carbonyl (C=O) groups is 1. The van der Waals surface area contributed by atoms with Crippen molar-refractivity contribution < 1.29 is 9.53 Å². The van der Waals surface area contributed by atoms with Crippen molar-refractivity contribution in [2.24, 2.45) is 5.92 Å². The molecule has 25 heavy (non-hydrogen) atoms. The second kappa shape index (κ2) is 7.30. The Morgan fingerprint density at radius 3 is 2.16 bits per heavy atom. The van der Waals surface area contributed by atoms with Crippen LogP contribution in [-0.2, 0) is 4.74 Å². The Morgan fingerprint density at radius 1 is 0.920 bits per heavy atom. The summed E-state index contributed by atoms with van der Waals surface area (Å²) in [7, 11) is 0. The van der Waals surface area contributed by atoms with Gasteiger partial charge in [0.05, 0.1) is 0 Å². The molecule has 0 bridgehead atoms. The standard InChI is InChI=1S/C22H25NO2/c24-22(23-14-16-8-2-1-3-9-16)25-15-21-19-12-6-4-10-17(19)18-11-5-7-13-20(18)21/h4-7,10-13,16,21H,1-3,8-9,14-15H2,(H,23,24). The Labute approximate surface area is 149 Å². The summed E-state index contributed by atoms with van der Waals surface area (Å²) in [5.74, 6) is 0.752. The van der Waals surface area contributed by atoms with Crippen molar-refractivity contribution in [3.63, 3.8) is 0 Å². The summed E-state index contributed by atoms with van der Waals surface area (Å²) >= 11 is 0. The fourth-order valence-electron chi connectivity index (χ4n) is 4.27. The van der Waals surface area contributed by atoms with E-state index < -0.39 is 0 Å². The van der Waals surface area contributed by atoms with Gasteiger partial charge in [-0.3, -0.25) is 0 Å². The van der Waals surface area contributed by atoms with Crippen molar-refractivity contribution in [1.82, 2.24) is 5.32 Å². The molecule has 0 radical (unpaired) electrons. The van der Waals surface area contributed by atoms with Crippen LogP contribution in [0.5, 0.6) is 0 Å². The number of carbonyl (C=O) groups excluding carboxylic acids is 1. The Hall–Kier alpha value is -2.29. The van der Waals surface area contributed by atoms with Crippen LogP contribution < -0.4 is 5.32 Å². The minimum Gasteiger partial charge on any atom is -0.449 e. The SMILES string of the molecule is O=C(NCC1CCCCC1)OCC1c2ccccc2-c2ccccc21. The lowest BCUT2D eigenvalue weighted by molar-refractivity contribution is 0.140. The average Bonchev–Trinajstić information content (AvgIpc) is 2.99. The van der Waals surface area contributed by atoms with Gasteiger partial charge in [0, 0.05) is 12.5 Å². The predicted octanol–water partition coefficient (Wildman–Crippen LogP) is 5.11. The highest BCUT2D eigenvalue weighted by Gasteiger charge is 2.29. The van der Waals surface area contributed by atoms with Crippen LogP contribution in [0.15, 0.2) is 48.5 Å². The van der Waals surface area contributed by atoms with Crippen molar-refractivity contribution in [2.45, 2.75) is 38.0 Å². The molecule has 0 unspecified atom stereocenters. The molecule has 2 aliphatic carbocycles. The molecule has 130 valence electrons. The Morgan fingerprint density at radius 2 is 1.52 bits per heavy atom. The van der Waals surface area contributed by atoms with Gasteiger partial charge < -0.3 is 10.1 Å². The van der Waals surface area contributed by atoms with Crippen molar-refractivity contribution in [2.75, 3.05) is 13.2 Å². The minimum absolute atomic E-state index is 0.132. The molecule has 1 N–H and O–H groups in total. The molecular weight excluding hydrogens is 310 g/mol. The van der Waals surface area contributed by atoms with Crippen molar-refractivity contribution in [3.8, 4) is 11.1 Å². The summed E-state index contributed by atoms with van der Waals surface area (Å²) in [6.45, 7) is 1.14. The molecule has 0 aliphatic heterocycles. The molecule has 2 aromatic rings. The fraction of sp³-hybridized carbons (Fsp3) is 0.409. The lowest BCUT2D eigenvalue weighted by Crippen LogP contribution is -2.31. The number of amides is 1. The van der Waals surface area contributed by atoms with E-state index in [0.717, 1.165) is 6.54 Å². The Kier molecular flexibility index (Phi) is 4.73. The molecule has 0 saturated heterocycles. The van der Waals surface area contributed by atoms with Crippen LogP contribution in [0.1, 0.15) is 49.1 Å². The van der Waals surface area contributed by atoms with Gasteiger partial charge in [0.15, 0.2) is 0 Å². The quantitative estimate of drug-likeness (QED) is 0.843. The normalized spacial score (nSPS) is 17.0. The molecule has 0 atom stereocenters. The first kappa shape index (κ1) is 16.2. The third-order valence-electron chi connectivity index (χ3n) is 5.60. The molecule has 1 amide bonds. The van der Waals surface area contributed by atoms with Crippen molar-refractivity contribution in [3.05, 3.63) is 59.7 Å². The van der Waals surface area contributed by atoms with Gasteiger partial charge in [-0.15, -0.1) is 0 Å². The van der Waals surface area contributed by atoms with Crippen LogP contribution >= 0.6 is 0 Å². The largest absolute Gasteiger partial charge is 0.449 e. The average molecular weight is 335 g/mol. The predicted molar refractivity (Wildman–Crippen MR) is 99.6 cm³/mol. The van der Waals surface area contributed by atoms with E-state index in [0.29, 0.717) is 12.5 Å². The highest BCUT2D eigenvalue weighted by atomic mass is 16.5. The lowest BCUT2D eigenvalue weighted by atomic mass is 9.89. The van der Waals surface area contributed by atoms with Gasteiger partial charge in [-0.2, -0.15) is 0 Å². The zero-order valence-electron chi connectivity index (χ0n) is 14.5. The molecular formula is C22H25NO2. The molecule has 1 fully saturated rings. The van der Waals surface area contributed by atoms with E-state index in [4.69, 9.17) is 4.74 Å². The maximum atomic E-state index is 12.1. The monoisotopic (exact) mass is 335 g/mol. The summed E-state index contributed by atoms with van der Waals surface area (Å²) < 4.78 is 5.58. The van der Waals surface area contributed by atoms with Gasteiger partial charge in [-0.25, -0.2) is 4.79 Å². The van der Waals surface area contributed by atoms with Crippen molar-refractivity contribution >= 4 is 6.09 Å². The second-order valence-electron chi connectivity index (χ2n) is 7.21. The summed E-state index contributed by atoms with van der Waals surface area (Å²) in [6.07, 6.45) is 6.08. The van der Waals surface area contributed by atoms with E-state index in [1.165, 1.54) is 54.4 Å². The number of ether oxygens (including phenoxy) is 1. The molecule has 2 aromatic carbocycles. The molecule has 0 aromatic heterocycles. The van der Waals surface area contributed by atoms with E-state index in [1.54, 1.807) is 0 Å². The Bertz CT molecular complexity index is 704. The van der Waals surface area contributed by atoms with Crippen LogP contribution in [0, 0.1) is 5.92 Å². The summed E-state index contributed by atoms with van der Waals surface area (Å²) in [5.41, 5.74) is 5.02. The highest BCUT2D eigenvalue weighted by Crippen LogP contribution is 2.44. The zero-order chi connectivity index (χ0) is 17.1. The van der Waals surface area contributed by atoms with E-state index in [-0.39, 0.29) is 12.0 Å². The summed E-state index contributed by atoms with van der Waals surface area (Å²) in [6, 6.07) is 16.8. The summed E-state index contributed by atoms with van der Waals surface area (Å²) in [5, 5.41) is 2.96. The number of rotatable bonds is 4. The zero-order valence-corrected chi connectivity index (χ0v) is 14.5. The first-order valence-corrected chi connectivity index (χ1v) is 9.42. The first-order chi connectivity index (χ1) is 12.3. The van der Waals surface area contributed by atoms with Gasteiger partial charge in [-0.1, -0.05) is 67.8 Å². The molecule has 0 heterocycles. The number of alkyl carbamates (subject to hydrolysis) is 1. The number of fused-ring (bicyclic) bond motifs is 3. The van der Waals surface area contributed by atoms with E-state index in [1.807, 2.05) is 0 Å². The Balaban J connectivity index is 1.38. The topological polar surface area (TPSA) is 38.3 Å². The fourth-order valence-corrected chi connectivity index (χ4v) is 4.27. The smallest absolute Gasteiger partial charge is 0.407 e. The first-order valence-electron chi connectivity index (χ1n) is 9.42. The van der Waals surface area contributed by atoms with Crippen LogP contribution in [0.3, 0.4) is 0 Å².